The van der Waals surface area contributed by atoms with E-state index in [9.17, 15) is 5.11 Å². The van der Waals surface area contributed by atoms with Gasteiger partial charge in [-0.05, 0) is 25.0 Å². The smallest absolute Gasteiger partial charge is 0.123 e. The van der Waals surface area contributed by atoms with Crippen LogP contribution >= 0.6 is 0 Å². The number of fused-ring (bicyclic) bond motifs is 1. The summed E-state index contributed by atoms with van der Waals surface area (Å²) in [7, 11) is 0. The van der Waals surface area contributed by atoms with Crippen molar-refractivity contribution in [2.24, 2.45) is 0 Å². The van der Waals surface area contributed by atoms with Gasteiger partial charge in [0.2, 0.25) is 0 Å². The van der Waals surface area contributed by atoms with Gasteiger partial charge >= 0.3 is 0 Å². The maximum Gasteiger partial charge on any atom is 0.123 e. The highest BCUT2D eigenvalue weighted by Crippen LogP contribution is 2.36. The quantitative estimate of drug-likeness (QED) is 0.777. The lowest BCUT2D eigenvalue weighted by atomic mass is 9.94. The largest absolute Gasteiger partial charge is 0.493 e. The van der Waals surface area contributed by atoms with Crippen molar-refractivity contribution in [1.29, 1.82) is 0 Å². The predicted octanol–water partition coefficient (Wildman–Crippen LogP) is 2.11. The SMILES string of the molecule is CC(O)Cc1cccc2c1C(C)CO2. The van der Waals surface area contributed by atoms with Crippen molar-refractivity contribution in [3.8, 4) is 5.75 Å². The fourth-order valence-corrected chi connectivity index (χ4v) is 2.07. The number of benzene rings is 1. The Labute approximate surface area is 84.5 Å². The summed E-state index contributed by atoms with van der Waals surface area (Å²) in [6.07, 6.45) is 0.436. The van der Waals surface area contributed by atoms with E-state index < -0.39 is 0 Å². The zero-order valence-electron chi connectivity index (χ0n) is 8.66. The van der Waals surface area contributed by atoms with Gasteiger partial charge in [-0.1, -0.05) is 19.1 Å². The van der Waals surface area contributed by atoms with E-state index in [1.165, 1.54) is 11.1 Å². The van der Waals surface area contributed by atoms with Crippen molar-refractivity contribution in [1.82, 2.24) is 0 Å². The van der Waals surface area contributed by atoms with Gasteiger partial charge in [0.25, 0.3) is 0 Å². The van der Waals surface area contributed by atoms with E-state index in [2.05, 4.69) is 13.0 Å². The van der Waals surface area contributed by atoms with Gasteiger partial charge in [-0.2, -0.15) is 0 Å². The van der Waals surface area contributed by atoms with Crippen molar-refractivity contribution in [3.63, 3.8) is 0 Å². The zero-order valence-corrected chi connectivity index (χ0v) is 8.66. The highest BCUT2D eigenvalue weighted by Gasteiger charge is 2.23. The summed E-state index contributed by atoms with van der Waals surface area (Å²) in [5.74, 6) is 1.45. The average molecular weight is 192 g/mol. The molecule has 0 spiro atoms. The molecule has 0 saturated carbocycles. The summed E-state index contributed by atoms with van der Waals surface area (Å²) in [5.41, 5.74) is 2.51. The van der Waals surface area contributed by atoms with Crippen LogP contribution in [0.5, 0.6) is 5.75 Å². The van der Waals surface area contributed by atoms with Gasteiger partial charge < -0.3 is 9.84 Å². The fraction of sp³-hybridized carbons (Fsp3) is 0.500. The van der Waals surface area contributed by atoms with Gasteiger partial charge in [0.05, 0.1) is 12.7 Å². The minimum atomic E-state index is -0.283. The molecule has 1 aliphatic heterocycles. The molecule has 14 heavy (non-hydrogen) atoms. The second-order valence-electron chi connectivity index (χ2n) is 4.09. The van der Waals surface area contributed by atoms with Gasteiger partial charge in [0.1, 0.15) is 5.75 Å². The molecule has 0 amide bonds. The summed E-state index contributed by atoms with van der Waals surface area (Å²) in [6, 6.07) is 6.08. The Morgan fingerprint density at radius 2 is 2.36 bits per heavy atom. The lowest BCUT2D eigenvalue weighted by Gasteiger charge is -2.10. The van der Waals surface area contributed by atoms with Crippen molar-refractivity contribution in [2.45, 2.75) is 32.3 Å². The van der Waals surface area contributed by atoms with Crippen LogP contribution in [0.25, 0.3) is 0 Å². The molecule has 2 heteroatoms. The van der Waals surface area contributed by atoms with Crippen molar-refractivity contribution < 1.29 is 9.84 Å². The number of aliphatic hydroxyl groups is 1. The topological polar surface area (TPSA) is 29.5 Å². The van der Waals surface area contributed by atoms with Crippen molar-refractivity contribution in [3.05, 3.63) is 29.3 Å². The van der Waals surface area contributed by atoms with E-state index in [4.69, 9.17) is 4.74 Å². The molecule has 1 N–H and O–H groups in total. The lowest BCUT2D eigenvalue weighted by molar-refractivity contribution is 0.195. The van der Waals surface area contributed by atoms with E-state index in [1.54, 1.807) is 0 Å². The Hall–Kier alpha value is -1.02. The van der Waals surface area contributed by atoms with Crippen LogP contribution in [-0.4, -0.2) is 17.8 Å². The predicted molar refractivity (Wildman–Crippen MR) is 55.7 cm³/mol. The Balaban J connectivity index is 2.36. The molecule has 1 aromatic carbocycles. The van der Waals surface area contributed by atoms with Gasteiger partial charge in [-0.25, -0.2) is 0 Å². The molecule has 1 aliphatic rings. The minimum Gasteiger partial charge on any atom is -0.493 e. The Morgan fingerprint density at radius 1 is 1.57 bits per heavy atom. The molecule has 0 radical (unpaired) electrons. The van der Waals surface area contributed by atoms with Crippen LogP contribution in [0.2, 0.25) is 0 Å². The number of rotatable bonds is 2. The summed E-state index contributed by atoms with van der Waals surface area (Å²) in [4.78, 5) is 0. The number of aliphatic hydroxyl groups excluding tert-OH is 1. The second-order valence-corrected chi connectivity index (χ2v) is 4.09. The van der Waals surface area contributed by atoms with Gasteiger partial charge in [-0.3, -0.25) is 0 Å². The Kier molecular flexibility index (Phi) is 2.46. The molecule has 2 rings (SSSR count). The summed E-state index contributed by atoms with van der Waals surface area (Å²) in [5, 5.41) is 9.38. The summed E-state index contributed by atoms with van der Waals surface area (Å²) >= 11 is 0. The molecule has 2 atom stereocenters. The zero-order chi connectivity index (χ0) is 10.1. The van der Waals surface area contributed by atoms with Crippen molar-refractivity contribution in [2.75, 3.05) is 6.61 Å². The minimum absolute atomic E-state index is 0.283. The third-order valence-corrected chi connectivity index (χ3v) is 2.65. The van der Waals surface area contributed by atoms with E-state index in [0.29, 0.717) is 5.92 Å². The molecule has 0 aromatic heterocycles. The number of ether oxygens (including phenoxy) is 1. The van der Waals surface area contributed by atoms with Crippen LogP contribution in [0.15, 0.2) is 18.2 Å². The number of hydrogen-bond acceptors (Lipinski definition) is 2. The van der Waals surface area contributed by atoms with Crippen LogP contribution < -0.4 is 4.74 Å². The standard InChI is InChI=1S/C12H16O2/c1-8-7-14-11-5-3-4-10(12(8)11)6-9(2)13/h3-5,8-9,13H,6-7H2,1-2H3. The highest BCUT2D eigenvalue weighted by molar-refractivity contribution is 5.45. The average Bonchev–Trinajstić information content (AvgIpc) is 2.48. The first-order valence-corrected chi connectivity index (χ1v) is 5.11. The molecular formula is C12H16O2. The first-order chi connectivity index (χ1) is 6.68. The Bertz CT molecular complexity index is 331. The van der Waals surface area contributed by atoms with Gasteiger partial charge in [0.15, 0.2) is 0 Å². The Morgan fingerprint density at radius 3 is 3.07 bits per heavy atom. The first kappa shape index (κ1) is 9.53. The molecule has 0 fully saturated rings. The van der Waals surface area contributed by atoms with E-state index in [1.807, 2.05) is 19.1 Å². The molecule has 76 valence electrons. The van der Waals surface area contributed by atoms with Crippen LogP contribution in [0.1, 0.15) is 30.9 Å². The lowest BCUT2D eigenvalue weighted by Crippen LogP contribution is -2.07. The van der Waals surface area contributed by atoms with Gasteiger partial charge in [0, 0.05) is 11.5 Å². The summed E-state index contributed by atoms with van der Waals surface area (Å²) in [6.45, 7) is 4.75. The van der Waals surface area contributed by atoms with Crippen LogP contribution in [-0.2, 0) is 6.42 Å². The third kappa shape index (κ3) is 1.62. The van der Waals surface area contributed by atoms with E-state index in [0.717, 1.165) is 18.8 Å². The maximum atomic E-state index is 9.38. The molecular weight excluding hydrogens is 176 g/mol. The van der Waals surface area contributed by atoms with E-state index >= 15 is 0 Å². The van der Waals surface area contributed by atoms with Crippen LogP contribution in [0, 0.1) is 0 Å². The van der Waals surface area contributed by atoms with Crippen LogP contribution in [0.4, 0.5) is 0 Å². The molecule has 1 heterocycles. The number of hydrogen-bond donors (Lipinski definition) is 1. The fourth-order valence-electron chi connectivity index (χ4n) is 2.07. The molecule has 0 aliphatic carbocycles. The molecule has 2 unspecified atom stereocenters. The normalized spacial score (nSPS) is 21.5. The third-order valence-electron chi connectivity index (χ3n) is 2.65. The highest BCUT2D eigenvalue weighted by atomic mass is 16.5. The maximum absolute atomic E-state index is 9.38. The molecule has 0 bridgehead atoms. The molecule has 0 saturated heterocycles. The van der Waals surface area contributed by atoms with Crippen LogP contribution in [0.3, 0.4) is 0 Å². The first-order valence-electron chi connectivity index (χ1n) is 5.11. The van der Waals surface area contributed by atoms with Crippen molar-refractivity contribution >= 4 is 0 Å². The molecule has 1 aromatic rings. The molecule has 2 nitrogen and oxygen atoms in total. The monoisotopic (exact) mass is 192 g/mol. The van der Waals surface area contributed by atoms with E-state index in [-0.39, 0.29) is 6.10 Å². The second kappa shape index (κ2) is 3.62. The van der Waals surface area contributed by atoms with Gasteiger partial charge in [-0.15, -0.1) is 0 Å². The summed E-state index contributed by atoms with van der Waals surface area (Å²) < 4.78 is 5.55.